The number of para-hydroxylation sites is 2. The highest BCUT2D eigenvalue weighted by molar-refractivity contribution is 5.94. The van der Waals surface area contributed by atoms with Gasteiger partial charge in [-0.05, 0) is 35.0 Å². The van der Waals surface area contributed by atoms with Crippen molar-refractivity contribution in [3.8, 4) is 0 Å². The first-order chi connectivity index (χ1) is 15.9. The van der Waals surface area contributed by atoms with Crippen molar-refractivity contribution >= 4 is 45.7 Å². The highest BCUT2D eigenvalue weighted by Crippen LogP contribution is 2.16. The number of carbonyl (C=O) groups is 4. The lowest BCUT2D eigenvalue weighted by Crippen LogP contribution is -2.37. The molecule has 0 radical (unpaired) electrons. The van der Waals surface area contributed by atoms with E-state index in [9.17, 15) is 19.2 Å². The first kappa shape index (κ1) is 22.0. The number of esters is 4. The van der Waals surface area contributed by atoms with E-state index in [2.05, 4.69) is 9.97 Å². The molecule has 0 fully saturated rings. The fourth-order valence-corrected chi connectivity index (χ4v) is 3.46. The van der Waals surface area contributed by atoms with Crippen molar-refractivity contribution in [1.29, 1.82) is 0 Å². The Bertz CT molecular complexity index is 1290. The molecular formula is C24H21N3O6. The summed E-state index contributed by atoms with van der Waals surface area (Å²) >= 11 is 0. The van der Waals surface area contributed by atoms with Crippen molar-refractivity contribution < 1.29 is 28.7 Å². The first-order valence-electron chi connectivity index (χ1n) is 10.2. The zero-order valence-corrected chi connectivity index (χ0v) is 17.5. The predicted molar refractivity (Wildman–Crippen MR) is 119 cm³/mol. The van der Waals surface area contributed by atoms with Crippen LogP contribution in [-0.2, 0) is 41.5 Å². The van der Waals surface area contributed by atoms with Gasteiger partial charge >= 0.3 is 23.9 Å². The number of rotatable bonds is 7. The van der Waals surface area contributed by atoms with Gasteiger partial charge in [-0.2, -0.15) is 0 Å². The lowest BCUT2D eigenvalue weighted by molar-refractivity contribution is -0.165. The van der Waals surface area contributed by atoms with E-state index in [1.54, 1.807) is 12.1 Å². The first-order valence-corrected chi connectivity index (χ1v) is 10.2. The molecule has 9 heteroatoms. The average molecular weight is 447 g/mol. The maximum atomic E-state index is 12.1. The fourth-order valence-electron chi connectivity index (χ4n) is 3.46. The Morgan fingerprint density at radius 1 is 0.727 bits per heavy atom. The number of ether oxygens (including phenoxy) is 2. The van der Waals surface area contributed by atoms with Crippen LogP contribution in [0.3, 0.4) is 0 Å². The minimum atomic E-state index is -1.44. The Morgan fingerprint density at radius 2 is 1.21 bits per heavy atom. The second-order valence-corrected chi connectivity index (χ2v) is 7.57. The molecule has 0 amide bonds. The molecule has 0 saturated heterocycles. The van der Waals surface area contributed by atoms with Crippen LogP contribution in [0.5, 0.6) is 0 Å². The Morgan fingerprint density at radius 3 is 1.73 bits per heavy atom. The van der Waals surface area contributed by atoms with Gasteiger partial charge in [0.05, 0.1) is 19.3 Å². The van der Waals surface area contributed by atoms with Crippen LogP contribution in [-0.4, -0.2) is 39.9 Å². The SMILES string of the molecule is NC(CC(=O)OC(=O)Cc1cc2ccccc2[nH]1)C(=O)OC(=O)Cc1cc2ccccc2[nH]1. The molecule has 0 bridgehead atoms. The third kappa shape index (κ3) is 5.52. The summed E-state index contributed by atoms with van der Waals surface area (Å²) in [5, 5.41) is 1.84. The molecule has 33 heavy (non-hydrogen) atoms. The van der Waals surface area contributed by atoms with Crippen LogP contribution < -0.4 is 5.73 Å². The number of nitrogens with one attached hydrogen (secondary N) is 2. The maximum Gasteiger partial charge on any atom is 0.331 e. The Hall–Kier alpha value is -4.24. The van der Waals surface area contributed by atoms with Crippen molar-refractivity contribution in [3.05, 3.63) is 72.1 Å². The van der Waals surface area contributed by atoms with E-state index in [0.29, 0.717) is 11.4 Å². The quantitative estimate of drug-likeness (QED) is 0.291. The maximum absolute atomic E-state index is 12.1. The molecule has 0 aliphatic rings. The lowest BCUT2D eigenvalue weighted by atomic mass is 10.2. The monoisotopic (exact) mass is 447 g/mol. The van der Waals surface area contributed by atoms with Crippen LogP contribution in [0.4, 0.5) is 0 Å². The van der Waals surface area contributed by atoms with Gasteiger partial charge in [-0.15, -0.1) is 0 Å². The van der Waals surface area contributed by atoms with E-state index < -0.39 is 36.3 Å². The summed E-state index contributed by atoms with van der Waals surface area (Å²) in [4.78, 5) is 54.2. The number of hydrogen-bond donors (Lipinski definition) is 3. The molecule has 2 aromatic carbocycles. The normalized spacial score (nSPS) is 11.9. The van der Waals surface area contributed by atoms with E-state index in [-0.39, 0.29) is 12.8 Å². The molecule has 1 atom stereocenters. The summed E-state index contributed by atoms with van der Waals surface area (Å²) in [7, 11) is 0. The van der Waals surface area contributed by atoms with Gasteiger partial charge in [0, 0.05) is 22.4 Å². The molecule has 2 aromatic heterocycles. The third-order valence-electron chi connectivity index (χ3n) is 4.97. The number of aromatic nitrogens is 2. The molecule has 0 saturated carbocycles. The molecule has 1 unspecified atom stereocenters. The number of nitrogens with two attached hydrogens (primary N) is 1. The smallest absolute Gasteiger partial charge is 0.331 e. The highest BCUT2D eigenvalue weighted by atomic mass is 16.6. The van der Waals surface area contributed by atoms with Crippen LogP contribution in [0.15, 0.2) is 60.7 Å². The van der Waals surface area contributed by atoms with Crippen LogP contribution in [0.1, 0.15) is 17.8 Å². The van der Waals surface area contributed by atoms with E-state index >= 15 is 0 Å². The predicted octanol–water partition coefficient (Wildman–Crippen LogP) is 2.29. The van der Waals surface area contributed by atoms with Crippen LogP contribution in [0.25, 0.3) is 21.8 Å². The number of fused-ring (bicyclic) bond motifs is 2. The summed E-state index contributed by atoms with van der Waals surface area (Å²) in [6.45, 7) is 0. The molecule has 0 aliphatic heterocycles. The van der Waals surface area contributed by atoms with Crippen molar-refractivity contribution in [3.63, 3.8) is 0 Å². The Balaban J connectivity index is 1.23. The minimum Gasteiger partial charge on any atom is -0.393 e. The second-order valence-electron chi connectivity index (χ2n) is 7.57. The van der Waals surface area contributed by atoms with Crippen LogP contribution in [0, 0.1) is 0 Å². The lowest BCUT2D eigenvalue weighted by Gasteiger charge is -2.09. The molecule has 0 spiro atoms. The number of benzene rings is 2. The van der Waals surface area contributed by atoms with Crippen molar-refractivity contribution in [2.75, 3.05) is 0 Å². The number of hydrogen-bond acceptors (Lipinski definition) is 7. The molecule has 4 N–H and O–H groups in total. The summed E-state index contributed by atoms with van der Waals surface area (Å²) in [6, 6.07) is 17.0. The van der Waals surface area contributed by atoms with E-state index in [0.717, 1.165) is 21.8 Å². The van der Waals surface area contributed by atoms with Crippen molar-refractivity contribution in [2.24, 2.45) is 5.73 Å². The largest absolute Gasteiger partial charge is 0.393 e. The number of aromatic amines is 2. The van der Waals surface area contributed by atoms with E-state index in [1.165, 1.54) is 0 Å². The van der Waals surface area contributed by atoms with Gasteiger partial charge in [0.1, 0.15) is 6.04 Å². The van der Waals surface area contributed by atoms with Gasteiger partial charge in [-0.3, -0.25) is 14.4 Å². The summed E-state index contributed by atoms with van der Waals surface area (Å²) < 4.78 is 9.46. The number of carbonyl (C=O) groups excluding carboxylic acids is 4. The van der Waals surface area contributed by atoms with Gasteiger partial charge < -0.3 is 25.2 Å². The molecule has 4 aromatic rings. The van der Waals surface area contributed by atoms with Gasteiger partial charge in [-0.1, -0.05) is 36.4 Å². The van der Waals surface area contributed by atoms with Gasteiger partial charge in [0.2, 0.25) is 0 Å². The highest BCUT2D eigenvalue weighted by Gasteiger charge is 2.24. The van der Waals surface area contributed by atoms with Crippen molar-refractivity contribution in [1.82, 2.24) is 9.97 Å². The molecule has 4 rings (SSSR count). The van der Waals surface area contributed by atoms with Gasteiger partial charge in [0.15, 0.2) is 0 Å². The second kappa shape index (κ2) is 9.49. The zero-order chi connectivity index (χ0) is 23.4. The third-order valence-corrected chi connectivity index (χ3v) is 4.97. The Kier molecular flexibility index (Phi) is 6.32. The zero-order valence-electron chi connectivity index (χ0n) is 17.5. The van der Waals surface area contributed by atoms with E-state index in [1.807, 2.05) is 48.5 Å². The minimum absolute atomic E-state index is 0.150. The molecule has 168 valence electrons. The van der Waals surface area contributed by atoms with Gasteiger partial charge in [0.25, 0.3) is 0 Å². The van der Waals surface area contributed by atoms with Gasteiger partial charge in [-0.25, -0.2) is 4.79 Å². The Labute approximate surface area is 187 Å². The van der Waals surface area contributed by atoms with Crippen LogP contribution in [0.2, 0.25) is 0 Å². The average Bonchev–Trinajstić information content (AvgIpc) is 3.35. The fraction of sp³-hybridized carbons (Fsp3) is 0.167. The molecule has 2 heterocycles. The summed E-state index contributed by atoms with van der Waals surface area (Å²) in [5.74, 6) is -3.66. The van der Waals surface area contributed by atoms with E-state index in [4.69, 9.17) is 15.2 Å². The molecule has 9 nitrogen and oxygen atoms in total. The summed E-state index contributed by atoms with van der Waals surface area (Å²) in [5.41, 5.74) is 8.51. The summed E-state index contributed by atoms with van der Waals surface area (Å²) in [6.07, 6.45) is -0.916. The standard InChI is InChI=1S/C24H21N3O6/c25-18(24(31)33-22(29)12-17-10-15-6-2-4-8-20(15)27-17)13-23(30)32-21(28)11-16-9-14-5-1-3-7-19(14)26-16/h1-10,18,26-27H,11-13,25H2. The molecular weight excluding hydrogens is 426 g/mol. The topological polar surface area (TPSA) is 144 Å². The van der Waals surface area contributed by atoms with Crippen LogP contribution >= 0.6 is 0 Å². The van der Waals surface area contributed by atoms with Crippen molar-refractivity contribution in [2.45, 2.75) is 25.3 Å². The molecule has 0 aliphatic carbocycles. The number of H-pyrrole nitrogens is 2.